The molecule has 2 aromatic rings. The molecule has 0 bridgehead atoms. The van der Waals surface area contributed by atoms with Crippen LogP contribution in [0.4, 0.5) is 0 Å². The molecular formula is C10H10BrN3OS. The molecule has 2 aromatic heterocycles. The zero-order valence-corrected chi connectivity index (χ0v) is 11.0. The summed E-state index contributed by atoms with van der Waals surface area (Å²) in [6, 6.07) is 3.85. The van der Waals surface area contributed by atoms with Gasteiger partial charge in [0, 0.05) is 17.7 Å². The van der Waals surface area contributed by atoms with Gasteiger partial charge in [0.2, 0.25) is 0 Å². The number of nitrogens with zero attached hydrogens (tertiary/aromatic N) is 3. The van der Waals surface area contributed by atoms with E-state index in [1.807, 2.05) is 23.7 Å². The fourth-order valence-electron chi connectivity index (χ4n) is 1.18. The highest BCUT2D eigenvalue weighted by molar-refractivity contribution is 9.10. The van der Waals surface area contributed by atoms with Crippen molar-refractivity contribution in [2.24, 2.45) is 7.05 Å². The molecule has 2 rings (SSSR count). The summed E-state index contributed by atoms with van der Waals surface area (Å²) in [5, 5.41) is 10.7. The van der Waals surface area contributed by atoms with Crippen molar-refractivity contribution in [3.63, 3.8) is 0 Å². The number of imidazole rings is 1. The Labute approximate surface area is 106 Å². The van der Waals surface area contributed by atoms with Crippen LogP contribution in [0, 0.1) is 0 Å². The van der Waals surface area contributed by atoms with E-state index < -0.39 is 0 Å². The SMILES string of the molecule is Cn1c(CO)cnc1Sc1ccc(Br)cn1. The van der Waals surface area contributed by atoms with E-state index in [0.29, 0.717) is 0 Å². The highest BCUT2D eigenvalue weighted by Crippen LogP contribution is 2.25. The summed E-state index contributed by atoms with van der Waals surface area (Å²) >= 11 is 4.80. The van der Waals surface area contributed by atoms with Crippen LogP contribution in [0.3, 0.4) is 0 Å². The summed E-state index contributed by atoms with van der Waals surface area (Å²) in [5.41, 5.74) is 0.791. The summed E-state index contributed by atoms with van der Waals surface area (Å²) in [6.45, 7) is -0.00216. The van der Waals surface area contributed by atoms with Crippen LogP contribution >= 0.6 is 27.7 Å². The Morgan fingerprint density at radius 1 is 1.38 bits per heavy atom. The molecule has 0 unspecified atom stereocenters. The Morgan fingerprint density at radius 3 is 2.75 bits per heavy atom. The van der Waals surface area contributed by atoms with Gasteiger partial charge in [0.1, 0.15) is 5.03 Å². The van der Waals surface area contributed by atoms with Crippen molar-refractivity contribution >= 4 is 27.7 Å². The Bertz CT molecular complexity index is 483. The lowest BCUT2D eigenvalue weighted by Gasteiger charge is -2.03. The highest BCUT2D eigenvalue weighted by atomic mass is 79.9. The largest absolute Gasteiger partial charge is 0.390 e. The van der Waals surface area contributed by atoms with Gasteiger partial charge < -0.3 is 9.67 Å². The topological polar surface area (TPSA) is 50.9 Å². The van der Waals surface area contributed by atoms with Gasteiger partial charge in [-0.3, -0.25) is 0 Å². The van der Waals surface area contributed by atoms with Crippen LogP contribution in [-0.4, -0.2) is 19.6 Å². The molecular weight excluding hydrogens is 290 g/mol. The van der Waals surface area contributed by atoms with E-state index in [9.17, 15) is 0 Å². The first-order valence-electron chi connectivity index (χ1n) is 4.61. The minimum atomic E-state index is -0.00216. The number of rotatable bonds is 3. The minimum absolute atomic E-state index is 0.00216. The number of hydrogen-bond donors (Lipinski definition) is 1. The lowest BCUT2D eigenvalue weighted by Crippen LogP contribution is -1.97. The van der Waals surface area contributed by atoms with E-state index in [1.165, 1.54) is 11.8 Å². The Kier molecular flexibility index (Phi) is 3.63. The number of hydrogen-bond acceptors (Lipinski definition) is 4. The van der Waals surface area contributed by atoms with E-state index in [4.69, 9.17) is 5.11 Å². The maximum Gasteiger partial charge on any atom is 0.174 e. The smallest absolute Gasteiger partial charge is 0.174 e. The van der Waals surface area contributed by atoms with Crippen LogP contribution in [-0.2, 0) is 13.7 Å². The molecule has 0 saturated heterocycles. The lowest BCUT2D eigenvalue weighted by molar-refractivity contribution is 0.271. The predicted octanol–water partition coefficient (Wildman–Crippen LogP) is 2.22. The first kappa shape index (κ1) is 11.6. The molecule has 0 aliphatic heterocycles. The molecule has 4 nitrogen and oxygen atoms in total. The first-order chi connectivity index (χ1) is 7.70. The predicted molar refractivity (Wildman–Crippen MR) is 65.2 cm³/mol. The summed E-state index contributed by atoms with van der Waals surface area (Å²) in [7, 11) is 1.87. The monoisotopic (exact) mass is 299 g/mol. The van der Waals surface area contributed by atoms with Crippen molar-refractivity contribution in [1.82, 2.24) is 14.5 Å². The standard InChI is InChI=1S/C10H10BrN3OS/c1-14-8(6-15)5-13-10(14)16-9-3-2-7(11)4-12-9/h2-5,15H,6H2,1H3. The average molecular weight is 300 g/mol. The van der Waals surface area contributed by atoms with Gasteiger partial charge >= 0.3 is 0 Å². The Balaban J connectivity index is 2.20. The van der Waals surface area contributed by atoms with Gasteiger partial charge in [-0.15, -0.1) is 0 Å². The second-order valence-corrected chi connectivity index (χ2v) is 5.07. The van der Waals surface area contributed by atoms with E-state index in [1.54, 1.807) is 12.4 Å². The number of aliphatic hydroxyl groups is 1. The van der Waals surface area contributed by atoms with Gasteiger partial charge in [-0.25, -0.2) is 9.97 Å². The van der Waals surface area contributed by atoms with Gasteiger partial charge in [-0.05, 0) is 39.8 Å². The molecule has 0 aliphatic carbocycles. The second kappa shape index (κ2) is 4.99. The molecule has 2 heterocycles. The minimum Gasteiger partial charge on any atom is -0.390 e. The van der Waals surface area contributed by atoms with Crippen LogP contribution in [0.15, 0.2) is 39.2 Å². The third-order valence-corrected chi connectivity index (χ3v) is 3.58. The normalized spacial score (nSPS) is 10.7. The van der Waals surface area contributed by atoms with Crippen molar-refractivity contribution < 1.29 is 5.11 Å². The van der Waals surface area contributed by atoms with Crippen LogP contribution < -0.4 is 0 Å². The molecule has 0 saturated carbocycles. The fraction of sp³-hybridized carbons (Fsp3) is 0.200. The maximum atomic E-state index is 9.04. The molecule has 0 radical (unpaired) electrons. The molecule has 0 spiro atoms. The second-order valence-electron chi connectivity index (χ2n) is 3.17. The zero-order valence-electron chi connectivity index (χ0n) is 8.59. The highest BCUT2D eigenvalue weighted by Gasteiger charge is 2.07. The van der Waals surface area contributed by atoms with Crippen molar-refractivity contribution in [2.75, 3.05) is 0 Å². The van der Waals surface area contributed by atoms with Crippen LogP contribution in [0.5, 0.6) is 0 Å². The van der Waals surface area contributed by atoms with Gasteiger partial charge in [-0.2, -0.15) is 0 Å². The van der Waals surface area contributed by atoms with Gasteiger partial charge in [0.25, 0.3) is 0 Å². The molecule has 84 valence electrons. The van der Waals surface area contributed by atoms with Crippen molar-refractivity contribution in [3.8, 4) is 0 Å². The molecule has 0 fully saturated rings. The van der Waals surface area contributed by atoms with Crippen LogP contribution in [0.25, 0.3) is 0 Å². The van der Waals surface area contributed by atoms with Gasteiger partial charge in [0.15, 0.2) is 5.16 Å². The summed E-state index contributed by atoms with van der Waals surface area (Å²) in [4.78, 5) is 8.47. The fourth-order valence-corrected chi connectivity index (χ4v) is 2.21. The summed E-state index contributed by atoms with van der Waals surface area (Å²) in [6.07, 6.45) is 3.42. The van der Waals surface area contributed by atoms with E-state index in [2.05, 4.69) is 25.9 Å². The van der Waals surface area contributed by atoms with Crippen molar-refractivity contribution in [1.29, 1.82) is 0 Å². The van der Waals surface area contributed by atoms with Crippen molar-refractivity contribution in [3.05, 3.63) is 34.7 Å². The van der Waals surface area contributed by atoms with E-state index >= 15 is 0 Å². The third-order valence-electron chi connectivity index (χ3n) is 2.10. The molecule has 16 heavy (non-hydrogen) atoms. The van der Waals surface area contributed by atoms with Gasteiger partial charge in [-0.1, -0.05) is 0 Å². The molecule has 0 aromatic carbocycles. The summed E-state index contributed by atoms with van der Waals surface area (Å²) < 4.78 is 2.81. The lowest BCUT2D eigenvalue weighted by atomic mass is 10.5. The van der Waals surface area contributed by atoms with Gasteiger partial charge in [0.05, 0.1) is 18.5 Å². The number of pyridine rings is 1. The molecule has 0 aliphatic rings. The van der Waals surface area contributed by atoms with Crippen molar-refractivity contribution in [2.45, 2.75) is 16.8 Å². The third kappa shape index (κ3) is 2.45. The Hall–Kier alpha value is -0.850. The maximum absolute atomic E-state index is 9.04. The quantitative estimate of drug-likeness (QED) is 0.944. The number of halogens is 1. The van der Waals surface area contributed by atoms with E-state index in [-0.39, 0.29) is 6.61 Å². The number of aromatic nitrogens is 3. The Morgan fingerprint density at radius 2 is 2.19 bits per heavy atom. The number of aliphatic hydroxyl groups excluding tert-OH is 1. The van der Waals surface area contributed by atoms with E-state index in [0.717, 1.165) is 20.3 Å². The van der Waals surface area contributed by atoms with Crippen LogP contribution in [0.2, 0.25) is 0 Å². The molecule has 6 heteroatoms. The summed E-state index contributed by atoms with van der Waals surface area (Å²) in [5.74, 6) is 0. The first-order valence-corrected chi connectivity index (χ1v) is 6.22. The molecule has 0 atom stereocenters. The average Bonchev–Trinajstić information content (AvgIpc) is 2.63. The van der Waals surface area contributed by atoms with Crippen LogP contribution in [0.1, 0.15) is 5.69 Å². The molecule has 1 N–H and O–H groups in total. The molecule has 0 amide bonds. The zero-order chi connectivity index (χ0) is 11.5.